The molecule has 0 spiro atoms. The van der Waals surface area contributed by atoms with Crippen LogP contribution in [-0.4, -0.2) is 40.5 Å². The average Bonchev–Trinajstić information content (AvgIpc) is 3.21. The van der Waals surface area contributed by atoms with E-state index in [1.54, 1.807) is 17.0 Å². The van der Waals surface area contributed by atoms with E-state index in [1.165, 1.54) is 12.3 Å². The predicted molar refractivity (Wildman–Crippen MR) is 101 cm³/mol. The zero-order valence-corrected chi connectivity index (χ0v) is 16.0. The van der Waals surface area contributed by atoms with Gasteiger partial charge in [-0.15, -0.1) is 13.2 Å². The molecule has 1 saturated heterocycles. The minimum absolute atomic E-state index is 0.0544. The molecule has 164 valence electrons. The normalized spacial score (nSPS) is 15.5. The SMILES string of the molecule is O=C(O)C1CCN(c2nc(COC(F)(F)F)cnc2-c2cc(F)c3occc3c2)CC1. The minimum atomic E-state index is -4.82. The number of aromatic nitrogens is 2. The quantitative estimate of drug-likeness (QED) is 0.591. The van der Waals surface area contributed by atoms with Crippen LogP contribution in [0.5, 0.6) is 0 Å². The third-order valence-corrected chi connectivity index (χ3v) is 5.11. The van der Waals surface area contributed by atoms with Gasteiger partial charge >= 0.3 is 12.3 Å². The van der Waals surface area contributed by atoms with Gasteiger partial charge in [-0.25, -0.2) is 9.37 Å². The first-order chi connectivity index (χ1) is 14.7. The molecular weight excluding hydrogens is 422 g/mol. The second-order valence-corrected chi connectivity index (χ2v) is 7.16. The van der Waals surface area contributed by atoms with Gasteiger partial charge in [0, 0.05) is 24.0 Å². The number of anilines is 1. The van der Waals surface area contributed by atoms with Crippen molar-refractivity contribution in [3.63, 3.8) is 0 Å². The Morgan fingerprint density at radius 2 is 2.03 bits per heavy atom. The van der Waals surface area contributed by atoms with Crippen molar-refractivity contribution in [2.75, 3.05) is 18.0 Å². The molecule has 0 bridgehead atoms. The molecule has 4 rings (SSSR count). The lowest BCUT2D eigenvalue weighted by Gasteiger charge is -2.32. The summed E-state index contributed by atoms with van der Waals surface area (Å²) in [6, 6.07) is 4.44. The van der Waals surface area contributed by atoms with Gasteiger partial charge in [0.05, 0.1) is 30.7 Å². The molecule has 7 nitrogen and oxygen atoms in total. The highest BCUT2D eigenvalue weighted by atomic mass is 19.4. The summed E-state index contributed by atoms with van der Waals surface area (Å²) in [5.41, 5.74) is 0.668. The summed E-state index contributed by atoms with van der Waals surface area (Å²) in [5, 5.41) is 9.71. The maximum Gasteiger partial charge on any atom is 0.522 e. The first-order valence-corrected chi connectivity index (χ1v) is 9.43. The molecule has 11 heteroatoms. The van der Waals surface area contributed by atoms with Crippen LogP contribution in [0.25, 0.3) is 22.2 Å². The van der Waals surface area contributed by atoms with Gasteiger partial charge in [0.15, 0.2) is 17.2 Å². The highest BCUT2D eigenvalue weighted by Gasteiger charge is 2.30. The average molecular weight is 439 g/mol. The Kier molecular flexibility index (Phi) is 5.52. The van der Waals surface area contributed by atoms with Crippen molar-refractivity contribution in [1.82, 2.24) is 9.97 Å². The van der Waals surface area contributed by atoms with Crippen LogP contribution in [-0.2, 0) is 16.1 Å². The molecule has 0 atom stereocenters. The Morgan fingerprint density at radius 3 is 2.71 bits per heavy atom. The number of hydrogen-bond donors (Lipinski definition) is 1. The zero-order chi connectivity index (χ0) is 22.2. The van der Waals surface area contributed by atoms with E-state index in [0.29, 0.717) is 36.9 Å². The summed E-state index contributed by atoms with van der Waals surface area (Å²) >= 11 is 0. The van der Waals surface area contributed by atoms with Crippen LogP contribution in [0.1, 0.15) is 18.5 Å². The van der Waals surface area contributed by atoms with Gasteiger partial charge in [0.1, 0.15) is 5.69 Å². The van der Waals surface area contributed by atoms with Crippen LogP contribution >= 0.6 is 0 Å². The van der Waals surface area contributed by atoms with E-state index < -0.39 is 30.7 Å². The summed E-state index contributed by atoms with van der Waals surface area (Å²) in [5.74, 6) is -1.77. The van der Waals surface area contributed by atoms with Crippen molar-refractivity contribution < 1.29 is 36.6 Å². The number of hydrogen-bond acceptors (Lipinski definition) is 6. The summed E-state index contributed by atoms with van der Waals surface area (Å²) in [4.78, 5) is 21.5. The van der Waals surface area contributed by atoms with Crippen molar-refractivity contribution in [3.8, 4) is 11.3 Å². The number of furan rings is 1. The standard InChI is InChI=1S/C20H17F4N3O4/c21-15-8-13(7-12-3-6-30-17(12)15)16-18(27-4-1-11(2-5-27)19(28)29)26-14(9-25-16)10-31-20(22,23)24/h3,6-9,11H,1-2,4-5,10H2,(H,28,29). The first-order valence-electron chi connectivity index (χ1n) is 9.43. The summed E-state index contributed by atoms with van der Waals surface area (Å²) in [6.07, 6.45) is -1.65. The fourth-order valence-electron chi connectivity index (χ4n) is 3.58. The van der Waals surface area contributed by atoms with Gasteiger partial charge in [-0.2, -0.15) is 0 Å². The molecule has 31 heavy (non-hydrogen) atoms. The smallest absolute Gasteiger partial charge is 0.481 e. The van der Waals surface area contributed by atoms with Crippen molar-refractivity contribution in [1.29, 1.82) is 0 Å². The van der Waals surface area contributed by atoms with Crippen molar-refractivity contribution >= 4 is 22.8 Å². The Balaban J connectivity index is 1.72. The molecule has 0 amide bonds. The van der Waals surface area contributed by atoms with E-state index in [4.69, 9.17) is 4.42 Å². The molecule has 0 radical (unpaired) electrons. The summed E-state index contributed by atoms with van der Waals surface area (Å²) in [7, 11) is 0. The molecule has 1 aliphatic heterocycles. The number of carboxylic acids is 1. The number of halogens is 4. The van der Waals surface area contributed by atoms with Gasteiger partial charge < -0.3 is 14.4 Å². The number of alkyl halides is 3. The number of ether oxygens (including phenoxy) is 1. The molecule has 1 N–H and O–H groups in total. The van der Waals surface area contributed by atoms with E-state index >= 15 is 0 Å². The Morgan fingerprint density at radius 1 is 1.29 bits per heavy atom. The van der Waals surface area contributed by atoms with Crippen molar-refractivity contribution in [3.05, 3.63) is 42.2 Å². The van der Waals surface area contributed by atoms with Crippen LogP contribution in [0, 0.1) is 11.7 Å². The third-order valence-electron chi connectivity index (χ3n) is 5.11. The second-order valence-electron chi connectivity index (χ2n) is 7.16. The minimum Gasteiger partial charge on any atom is -0.481 e. The van der Waals surface area contributed by atoms with Gasteiger partial charge in [-0.3, -0.25) is 14.5 Å². The molecule has 2 aromatic heterocycles. The van der Waals surface area contributed by atoms with Gasteiger partial charge in [0.2, 0.25) is 0 Å². The molecule has 0 aliphatic carbocycles. The first kappa shape index (κ1) is 21.0. The molecule has 3 aromatic rings. The predicted octanol–water partition coefficient (Wildman–Crippen LogP) is 4.37. The number of benzene rings is 1. The van der Waals surface area contributed by atoms with Crippen molar-refractivity contribution in [2.45, 2.75) is 25.8 Å². The number of carbonyl (C=O) groups is 1. The molecule has 1 fully saturated rings. The van der Waals surface area contributed by atoms with Gasteiger partial charge in [-0.1, -0.05) is 0 Å². The molecular formula is C20H17F4N3O4. The number of nitrogens with zero attached hydrogens (tertiary/aromatic N) is 3. The van der Waals surface area contributed by atoms with Crippen LogP contribution in [0.4, 0.5) is 23.4 Å². The number of rotatable bonds is 5. The van der Waals surface area contributed by atoms with E-state index in [2.05, 4.69) is 14.7 Å². The molecule has 1 aromatic carbocycles. The molecule has 1 aliphatic rings. The Labute approximate surface area is 173 Å². The fraction of sp³-hybridized carbons (Fsp3) is 0.350. The lowest BCUT2D eigenvalue weighted by Crippen LogP contribution is -2.37. The van der Waals surface area contributed by atoms with Crippen LogP contribution < -0.4 is 4.90 Å². The van der Waals surface area contributed by atoms with Crippen molar-refractivity contribution in [2.24, 2.45) is 5.92 Å². The molecule has 0 saturated carbocycles. The highest BCUT2D eigenvalue weighted by molar-refractivity contribution is 5.85. The maximum atomic E-state index is 14.4. The van der Waals surface area contributed by atoms with E-state index in [-0.39, 0.29) is 22.8 Å². The Hall–Kier alpha value is -3.21. The Bertz CT molecular complexity index is 1110. The lowest BCUT2D eigenvalue weighted by molar-refractivity contribution is -0.330. The topological polar surface area (TPSA) is 88.7 Å². The van der Waals surface area contributed by atoms with E-state index in [9.17, 15) is 27.5 Å². The molecule has 0 unspecified atom stereocenters. The van der Waals surface area contributed by atoms with Crippen LogP contribution in [0.15, 0.2) is 35.1 Å². The summed E-state index contributed by atoms with van der Waals surface area (Å²) in [6.45, 7) is -0.193. The largest absolute Gasteiger partial charge is 0.522 e. The zero-order valence-electron chi connectivity index (χ0n) is 16.0. The maximum absolute atomic E-state index is 14.4. The number of fused-ring (bicyclic) bond motifs is 1. The lowest BCUT2D eigenvalue weighted by atomic mass is 9.97. The summed E-state index contributed by atoms with van der Waals surface area (Å²) < 4.78 is 60.7. The molecule has 3 heterocycles. The second kappa shape index (κ2) is 8.14. The fourth-order valence-corrected chi connectivity index (χ4v) is 3.58. The van der Waals surface area contributed by atoms with E-state index in [1.807, 2.05) is 0 Å². The number of piperidine rings is 1. The number of aliphatic carboxylic acids is 1. The third kappa shape index (κ3) is 4.61. The van der Waals surface area contributed by atoms with Gasteiger partial charge in [0.25, 0.3) is 0 Å². The monoisotopic (exact) mass is 439 g/mol. The number of carboxylic acid groups (broad SMARTS) is 1. The van der Waals surface area contributed by atoms with Gasteiger partial charge in [-0.05, 0) is 31.0 Å². The van der Waals surface area contributed by atoms with E-state index in [0.717, 1.165) is 6.20 Å². The van der Waals surface area contributed by atoms with Crippen LogP contribution in [0.2, 0.25) is 0 Å². The van der Waals surface area contributed by atoms with Crippen LogP contribution in [0.3, 0.4) is 0 Å². The highest BCUT2D eigenvalue weighted by Crippen LogP contribution is 2.34.